The zero-order valence-corrected chi connectivity index (χ0v) is 16.4. The fourth-order valence-electron chi connectivity index (χ4n) is 3.06. The minimum absolute atomic E-state index is 0.0447. The Morgan fingerprint density at radius 1 is 1.12 bits per heavy atom. The molecule has 0 heterocycles. The van der Waals surface area contributed by atoms with E-state index in [1.807, 2.05) is 42.5 Å². The highest BCUT2D eigenvalue weighted by molar-refractivity contribution is 9.10. The van der Waals surface area contributed by atoms with Gasteiger partial charge in [-0.25, -0.2) is 0 Å². The molecule has 1 amide bonds. The fraction of sp³-hybridized carbons (Fsp3) is 0.318. The molecule has 0 spiro atoms. The van der Waals surface area contributed by atoms with E-state index in [0.717, 1.165) is 22.2 Å². The van der Waals surface area contributed by atoms with Crippen LogP contribution in [0.25, 0.3) is 0 Å². The van der Waals surface area contributed by atoms with E-state index >= 15 is 0 Å². The van der Waals surface area contributed by atoms with E-state index in [1.54, 1.807) is 6.07 Å². The maximum Gasteiger partial charge on any atom is 0.251 e. The van der Waals surface area contributed by atoms with Gasteiger partial charge in [0.15, 0.2) is 0 Å². The average molecular weight is 414 g/mol. The van der Waals surface area contributed by atoms with E-state index in [9.17, 15) is 4.79 Å². The number of amides is 1. The molecule has 4 heteroatoms. The Bertz CT molecular complexity index is 771. The first-order valence-electron chi connectivity index (χ1n) is 9.15. The summed E-state index contributed by atoms with van der Waals surface area (Å²) in [5.41, 5.74) is 3.22. The molecule has 2 aromatic rings. The summed E-state index contributed by atoms with van der Waals surface area (Å²) >= 11 is 3.51. The van der Waals surface area contributed by atoms with Crippen LogP contribution in [0.2, 0.25) is 0 Å². The molecule has 0 atom stereocenters. The number of carbonyl (C=O) groups excluding carboxylic acids is 1. The molecule has 0 saturated heterocycles. The lowest BCUT2D eigenvalue weighted by atomic mass is 9.97. The van der Waals surface area contributed by atoms with Crippen LogP contribution in [-0.4, -0.2) is 12.5 Å². The SMILES string of the molecule is O=C(NCCC1=CCCCC1)c1ccc(OCc2ccccc2)c(Br)c1. The molecule has 1 aliphatic rings. The van der Waals surface area contributed by atoms with E-state index in [4.69, 9.17) is 4.74 Å². The highest BCUT2D eigenvalue weighted by Crippen LogP contribution is 2.27. The minimum Gasteiger partial charge on any atom is -0.488 e. The normalized spacial score (nSPS) is 13.8. The summed E-state index contributed by atoms with van der Waals surface area (Å²) in [4.78, 5) is 12.3. The van der Waals surface area contributed by atoms with Gasteiger partial charge in [0.2, 0.25) is 0 Å². The molecule has 3 rings (SSSR count). The van der Waals surface area contributed by atoms with Crippen LogP contribution < -0.4 is 10.1 Å². The molecular formula is C22H24BrNO2. The molecule has 2 aromatic carbocycles. The number of ether oxygens (including phenoxy) is 1. The van der Waals surface area contributed by atoms with Crippen molar-refractivity contribution in [1.29, 1.82) is 0 Å². The summed E-state index contributed by atoms with van der Waals surface area (Å²) in [6, 6.07) is 15.5. The predicted molar refractivity (Wildman–Crippen MR) is 108 cm³/mol. The number of carbonyl (C=O) groups is 1. The second kappa shape index (κ2) is 9.58. The predicted octanol–water partition coefficient (Wildman–Crippen LogP) is 5.65. The van der Waals surface area contributed by atoms with E-state index in [-0.39, 0.29) is 5.91 Å². The van der Waals surface area contributed by atoms with Gasteiger partial charge in [0, 0.05) is 12.1 Å². The summed E-state index contributed by atoms with van der Waals surface area (Å²) in [7, 11) is 0. The number of hydrogen-bond donors (Lipinski definition) is 1. The summed E-state index contributed by atoms with van der Waals surface area (Å²) in [6.07, 6.45) is 8.20. The Morgan fingerprint density at radius 2 is 1.96 bits per heavy atom. The Hall–Kier alpha value is -2.07. The number of hydrogen-bond acceptors (Lipinski definition) is 2. The van der Waals surface area contributed by atoms with Crippen molar-refractivity contribution in [3.63, 3.8) is 0 Å². The molecule has 0 aliphatic heterocycles. The van der Waals surface area contributed by atoms with E-state index in [1.165, 1.54) is 31.3 Å². The molecule has 26 heavy (non-hydrogen) atoms. The van der Waals surface area contributed by atoms with E-state index in [0.29, 0.717) is 18.7 Å². The van der Waals surface area contributed by atoms with Gasteiger partial charge in [-0.2, -0.15) is 0 Å². The van der Waals surface area contributed by atoms with Crippen LogP contribution in [0.5, 0.6) is 5.75 Å². The third-order valence-corrected chi connectivity index (χ3v) is 5.17. The van der Waals surface area contributed by atoms with Crippen LogP contribution >= 0.6 is 15.9 Å². The topological polar surface area (TPSA) is 38.3 Å². The molecule has 0 bridgehead atoms. The summed E-state index contributed by atoms with van der Waals surface area (Å²) < 4.78 is 6.62. The monoisotopic (exact) mass is 413 g/mol. The van der Waals surface area contributed by atoms with Crippen molar-refractivity contribution in [2.75, 3.05) is 6.54 Å². The Balaban J connectivity index is 1.51. The molecule has 0 fully saturated rings. The minimum atomic E-state index is -0.0447. The lowest BCUT2D eigenvalue weighted by Crippen LogP contribution is -2.24. The Morgan fingerprint density at radius 3 is 2.69 bits per heavy atom. The largest absolute Gasteiger partial charge is 0.488 e. The number of allylic oxidation sites excluding steroid dienone is 1. The lowest BCUT2D eigenvalue weighted by molar-refractivity contribution is 0.0954. The fourth-order valence-corrected chi connectivity index (χ4v) is 3.56. The van der Waals surface area contributed by atoms with Gasteiger partial charge in [0.1, 0.15) is 12.4 Å². The highest BCUT2D eigenvalue weighted by atomic mass is 79.9. The standard InChI is InChI=1S/C22H24BrNO2/c23-20-15-19(22(25)24-14-13-17-7-3-1-4-8-17)11-12-21(20)26-16-18-9-5-2-6-10-18/h2,5-7,9-12,15H,1,3-4,8,13-14,16H2,(H,24,25). The summed E-state index contributed by atoms with van der Waals surface area (Å²) in [5, 5.41) is 3.01. The van der Waals surface area contributed by atoms with E-state index in [2.05, 4.69) is 27.3 Å². The molecule has 0 radical (unpaired) electrons. The van der Waals surface area contributed by atoms with Gasteiger partial charge in [0.25, 0.3) is 5.91 Å². The molecule has 136 valence electrons. The number of nitrogens with one attached hydrogen (secondary N) is 1. The van der Waals surface area contributed by atoms with Crippen molar-refractivity contribution in [3.05, 3.63) is 75.8 Å². The van der Waals surface area contributed by atoms with Crippen LogP contribution in [0.15, 0.2) is 64.7 Å². The van der Waals surface area contributed by atoms with Gasteiger partial charge in [0.05, 0.1) is 4.47 Å². The smallest absolute Gasteiger partial charge is 0.251 e. The number of rotatable bonds is 7. The lowest BCUT2D eigenvalue weighted by Gasteiger charge is -2.13. The van der Waals surface area contributed by atoms with Gasteiger partial charge in [-0.3, -0.25) is 4.79 Å². The van der Waals surface area contributed by atoms with Crippen LogP contribution in [0, 0.1) is 0 Å². The van der Waals surface area contributed by atoms with Gasteiger partial charge in [-0.1, -0.05) is 42.0 Å². The summed E-state index contributed by atoms with van der Waals surface area (Å²) in [5.74, 6) is 0.689. The maximum atomic E-state index is 12.3. The second-order valence-electron chi connectivity index (χ2n) is 6.53. The first kappa shape index (κ1) is 18.7. The van der Waals surface area contributed by atoms with Gasteiger partial charge >= 0.3 is 0 Å². The van der Waals surface area contributed by atoms with Crippen molar-refractivity contribution in [2.45, 2.75) is 38.7 Å². The molecular weight excluding hydrogens is 390 g/mol. The van der Waals surface area contributed by atoms with Crippen molar-refractivity contribution in [3.8, 4) is 5.75 Å². The van der Waals surface area contributed by atoms with Crippen LogP contribution in [0.1, 0.15) is 48.0 Å². The van der Waals surface area contributed by atoms with Crippen molar-refractivity contribution < 1.29 is 9.53 Å². The second-order valence-corrected chi connectivity index (χ2v) is 7.39. The molecule has 3 nitrogen and oxygen atoms in total. The molecule has 1 N–H and O–H groups in total. The molecule has 0 saturated carbocycles. The third kappa shape index (κ3) is 5.46. The van der Waals surface area contributed by atoms with Crippen molar-refractivity contribution in [2.24, 2.45) is 0 Å². The first-order chi connectivity index (χ1) is 12.7. The Labute approximate surface area is 163 Å². The quantitative estimate of drug-likeness (QED) is 0.595. The number of benzene rings is 2. The maximum absolute atomic E-state index is 12.3. The highest BCUT2D eigenvalue weighted by Gasteiger charge is 2.10. The molecule has 0 aromatic heterocycles. The van der Waals surface area contributed by atoms with Crippen molar-refractivity contribution >= 4 is 21.8 Å². The number of halogens is 1. The van der Waals surface area contributed by atoms with Crippen LogP contribution in [0.3, 0.4) is 0 Å². The summed E-state index contributed by atoms with van der Waals surface area (Å²) in [6.45, 7) is 1.19. The Kier molecular flexibility index (Phi) is 6.89. The zero-order valence-electron chi connectivity index (χ0n) is 14.8. The van der Waals surface area contributed by atoms with E-state index < -0.39 is 0 Å². The van der Waals surface area contributed by atoms with Crippen molar-refractivity contribution in [1.82, 2.24) is 5.32 Å². The van der Waals surface area contributed by atoms with Gasteiger partial charge in [-0.05, 0) is 71.8 Å². The van der Waals surface area contributed by atoms with Gasteiger partial charge in [-0.15, -0.1) is 0 Å². The molecule has 1 aliphatic carbocycles. The van der Waals surface area contributed by atoms with Gasteiger partial charge < -0.3 is 10.1 Å². The van der Waals surface area contributed by atoms with Crippen LogP contribution in [0.4, 0.5) is 0 Å². The third-order valence-electron chi connectivity index (χ3n) is 4.55. The zero-order chi connectivity index (χ0) is 18.2. The first-order valence-corrected chi connectivity index (χ1v) is 9.94. The van der Waals surface area contributed by atoms with Crippen LogP contribution in [-0.2, 0) is 6.61 Å². The average Bonchev–Trinajstić information content (AvgIpc) is 2.68. The molecule has 0 unspecified atom stereocenters.